The molecule has 2 fully saturated rings. The highest BCUT2D eigenvalue weighted by Crippen LogP contribution is 2.40. The Morgan fingerprint density at radius 3 is 2.42 bits per heavy atom. The molecule has 0 spiro atoms. The average molecular weight is 517 g/mol. The second-order valence-electron chi connectivity index (χ2n) is 9.39. The molecule has 2 saturated heterocycles. The van der Waals surface area contributed by atoms with Crippen molar-refractivity contribution in [2.75, 3.05) is 13.2 Å². The van der Waals surface area contributed by atoms with Crippen LogP contribution in [0.25, 0.3) is 0 Å². The number of nitrogens with one attached hydrogen (secondary N) is 2. The van der Waals surface area contributed by atoms with Crippen LogP contribution in [0.1, 0.15) is 36.8 Å². The van der Waals surface area contributed by atoms with Gasteiger partial charge in [0, 0.05) is 29.2 Å². The molecule has 2 aromatic rings. The number of amides is 4. The third kappa shape index (κ3) is 6.66. The van der Waals surface area contributed by atoms with Crippen LogP contribution >= 0.6 is 11.6 Å². The standard InChI is InChI=1S/C26H30ClFN4O4/c27-19-3-8-23(18(12-19)13-30-24(33)14-31-26(29)35)36-15-25(34)32-21-6-7-22(32)11-17(10-21)9-16-1-4-20(28)5-2-16/h1-5,8,12,17,21-22H,6-7,9-11,13-15H2,(H,30,33)(H3,29,31,35). The molecule has 10 heteroatoms. The van der Waals surface area contributed by atoms with Crippen LogP contribution in [-0.4, -0.2) is 48.0 Å². The summed E-state index contributed by atoms with van der Waals surface area (Å²) in [4.78, 5) is 37.8. The highest BCUT2D eigenvalue weighted by Gasteiger charge is 2.43. The highest BCUT2D eigenvalue weighted by molar-refractivity contribution is 6.30. The van der Waals surface area contributed by atoms with Crippen molar-refractivity contribution in [3.8, 4) is 5.75 Å². The lowest BCUT2D eigenvalue weighted by Gasteiger charge is -2.39. The van der Waals surface area contributed by atoms with Crippen molar-refractivity contribution in [3.05, 3.63) is 64.4 Å². The molecule has 0 saturated carbocycles. The molecular weight excluding hydrogens is 487 g/mol. The SMILES string of the molecule is NC(=O)NCC(=O)NCc1cc(Cl)ccc1OCC(=O)N1C2CCC1CC(Cc1ccc(F)cc1)C2. The van der Waals surface area contributed by atoms with Gasteiger partial charge in [-0.15, -0.1) is 0 Å². The molecule has 0 aliphatic carbocycles. The highest BCUT2D eigenvalue weighted by atomic mass is 35.5. The summed E-state index contributed by atoms with van der Waals surface area (Å²) < 4.78 is 19.1. The molecule has 2 aromatic carbocycles. The summed E-state index contributed by atoms with van der Waals surface area (Å²) >= 11 is 6.11. The van der Waals surface area contributed by atoms with Gasteiger partial charge in [-0.2, -0.15) is 0 Å². The number of nitrogens with zero attached hydrogens (tertiary/aromatic N) is 1. The van der Waals surface area contributed by atoms with Gasteiger partial charge in [0.15, 0.2) is 6.61 Å². The van der Waals surface area contributed by atoms with Crippen molar-refractivity contribution < 1.29 is 23.5 Å². The topological polar surface area (TPSA) is 114 Å². The first-order chi connectivity index (χ1) is 17.3. The first-order valence-corrected chi connectivity index (χ1v) is 12.4. The van der Waals surface area contributed by atoms with Crippen LogP contribution in [0.4, 0.5) is 9.18 Å². The molecule has 2 aliphatic heterocycles. The Morgan fingerprint density at radius 1 is 1.06 bits per heavy atom. The van der Waals surface area contributed by atoms with E-state index >= 15 is 0 Å². The molecule has 2 aliphatic rings. The number of hydrogen-bond donors (Lipinski definition) is 3. The second kappa shape index (κ2) is 11.6. The van der Waals surface area contributed by atoms with Crippen LogP contribution in [0.15, 0.2) is 42.5 Å². The molecule has 4 amide bonds. The van der Waals surface area contributed by atoms with Crippen LogP contribution in [0.5, 0.6) is 5.75 Å². The first-order valence-electron chi connectivity index (χ1n) is 12.1. The maximum Gasteiger partial charge on any atom is 0.312 e. The lowest BCUT2D eigenvalue weighted by molar-refractivity contribution is -0.138. The summed E-state index contributed by atoms with van der Waals surface area (Å²) in [5.41, 5.74) is 6.71. The quantitative estimate of drug-likeness (QED) is 0.475. The Balaban J connectivity index is 1.31. The smallest absolute Gasteiger partial charge is 0.312 e. The van der Waals surface area contributed by atoms with Gasteiger partial charge in [0.2, 0.25) is 5.91 Å². The summed E-state index contributed by atoms with van der Waals surface area (Å²) in [7, 11) is 0. The predicted molar refractivity (Wildman–Crippen MR) is 133 cm³/mol. The fourth-order valence-corrected chi connectivity index (χ4v) is 5.48. The minimum Gasteiger partial charge on any atom is -0.483 e. The van der Waals surface area contributed by atoms with Crippen molar-refractivity contribution in [1.82, 2.24) is 15.5 Å². The summed E-state index contributed by atoms with van der Waals surface area (Å²) in [5.74, 6) is 0.211. The molecule has 2 heterocycles. The van der Waals surface area contributed by atoms with E-state index in [9.17, 15) is 18.8 Å². The van der Waals surface area contributed by atoms with Gasteiger partial charge in [-0.1, -0.05) is 23.7 Å². The molecule has 2 unspecified atom stereocenters. The summed E-state index contributed by atoms with van der Waals surface area (Å²) in [6.07, 6.45) is 4.71. The number of nitrogens with two attached hydrogens (primary N) is 1. The third-order valence-electron chi connectivity index (χ3n) is 6.83. The number of hydrogen-bond acceptors (Lipinski definition) is 4. The number of piperidine rings is 1. The van der Waals surface area contributed by atoms with E-state index in [0.717, 1.165) is 37.7 Å². The summed E-state index contributed by atoms with van der Waals surface area (Å²) in [5, 5.41) is 5.35. The number of carbonyl (C=O) groups excluding carboxylic acids is 3. The van der Waals surface area contributed by atoms with E-state index in [-0.39, 0.29) is 43.5 Å². The van der Waals surface area contributed by atoms with Crippen molar-refractivity contribution in [1.29, 1.82) is 0 Å². The number of rotatable bonds is 9. The zero-order valence-electron chi connectivity index (χ0n) is 19.8. The van der Waals surface area contributed by atoms with Gasteiger partial charge in [0.1, 0.15) is 11.6 Å². The zero-order valence-corrected chi connectivity index (χ0v) is 20.6. The van der Waals surface area contributed by atoms with Gasteiger partial charge in [0.25, 0.3) is 5.91 Å². The lowest BCUT2D eigenvalue weighted by atomic mass is 9.86. The molecule has 8 nitrogen and oxygen atoms in total. The zero-order chi connectivity index (χ0) is 25.7. The van der Waals surface area contributed by atoms with Crippen molar-refractivity contribution in [3.63, 3.8) is 0 Å². The van der Waals surface area contributed by atoms with Crippen molar-refractivity contribution in [2.24, 2.45) is 11.7 Å². The maximum absolute atomic E-state index is 13.2. The number of carbonyl (C=O) groups is 3. The van der Waals surface area contributed by atoms with Gasteiger partial charge in [-0.25, -0.2) is 9.18 Å². The number of primary amides is 1. The molecule has 2 bridgehead atoms. The Morgan fingerprint density at radius 2 is 1.75 bits per heavy atom. The Kier molecular flexibility index (Phi) is 8.30. The van der Waals surface area contributed by atoms with Gasteiger partial charge in [-0.3, -0.25) is 9.59 Å². The van der Waals surface area contributed by atoms with E-state index in [1.165, 1.54) is 12.1 Å². The average Bonchev–Trinajstić information content (AvgIpc) is 3.12. The van der Waals surface area contributed by atoms with E-state index in [4.69, 9.17) is 22.1 Å². The largest absolute Gasteiger partial charge is 0.483 e. The lowest BCUT2D eigenvalue weighted by Crippen LogP contribution is -2.48. The normalized spacial score (nSPS) is 20.6. The molecule has 192 valence electrons. The molecule has 4 rings (SSSR count). The molecule has 36 heavy (non-hydrogen) atoms. The molecule has 0 radical (unpaired) electrons. The van der Waals surface area contributed by atoms with E-state index in [1.807, 2.05) is 17.0 Å². The molecule has 2 atom stereocenters. The third-order valence-corrected chi connectivity index (χ3v) is 7.06. The van der Waals surface area contributed by atoms with E-state index in [0.29, 0.717) is 22.3 Å². The van der Waals surface area contributed by atoms with Crippen LogP contribution in [0.2, 0.25) is 5.02 Å². The fraction of sp³-hybridized carbons (Fsp3) is 0.423. The minimum absolute atomic E-state index is 0.0571. The predicted octanol–water partition coefficient (Wildman–Crippen LogP) is 3.15. The van der Waals surface area contributed by atoms with Crippen LogP contribution < -0.4 is 21.1 Å². The Labute approximate surface area is 214 Å². The van der Waals surface area contributed by atoms with Crippen molar-refractivity contribution in [2.45, 2.75) is 50.7 Å². The Hall–Kier alpha value is -3.33. The summed E-state index contributed by atoms with van der Waals surface area (Å²) in [6.45, 7) is -0.241. The van der Waals surface area contributed by atoms with E-state index < -0.39 is 11.9 Å². The van der Waals surface area contributed by atoms with Crippen LogP contribution in [0, 0.1) is 11.7 Å². The minimum atomic E-state index is -0.788. The van der Waals surface area contributed by atoms with Gasteiger partial charge in [-0.05, 0) is 73.9 Å². The van der Waals surface area contributed by atoms with Crippen molar-refractivity contribution >= 4 is 29.4 Å². The number of urea groups is 1. The summed E-state index contributed by atoms with van der Waals surface area (Å²) in [6, 6.07) is 11.2. The van der Waals surface area contributed by atoms with Gasteiger partial charge in [0.05, 0.1) is 6.54 Å². The first kappa shape index (κ1) is 25.8. The van der Waals surface area contributed by atoms with E-state index in [2.05, 4.69) is 10.6 Å². The Bertz CT molecular complexity index is 1100. The number of benzene rings is 2. The molecular formula is C26H30ClFN4O4. The number of halogens is 2. The second-order valence-corrected chi connectivity index (χ2v) is 9.83. The fourth-order valence-electron chi connectivity index (χ4n) is 5.28. The van der Waals surface area contributed by atoms with Gasteiger partial charge < -0.3 is 26.0 Å². The molecule has 4 N–H and O–H groups in total. The maximum atomic E-state index is 13.2. The number of fused-ring (bicyclic) bond motifs is 2. The molecule has 0 aromatic heterocycles. The van der Waals surface area contributed by atoms with Gasteiger partial charge >= 0.3 is 6.03 Å². The van der Waals surface area contributed by atoms with Crippen LogP contribution in [0.3, 0.4) is 0 Å². The van der Waals surface area contributed by atoms with E-state index in [1.54, 1.807) is 18.2 Å². The monoisotopic (exact) mass is 516 g/mol. The number of ether oxygens (including phenoxy) is 1. The van der Waals surface area contributed by atoms with Crippen LogP contribution in [-0.2, 0) is 22.6 Å².